The lowest BCUT2D eigenvalue weighted by Crippen LogP contribution is -2.30. The smallest absolute Gasteiger partial charge is 0.251 e. The minimum absolute atomic E-state index is 0.0971. The molecule has 0 spiro atoms. The highest BCUT2D eigenvalue weighted by Gasteiger charge is 2.25. The van der Waals surface area contributed by atoms with Gasteiger partial charge in [0.15, 0.2) is 0 Å². The molecule has 1 saturated carbocycles. The Balaban J connectivity index is 1.93. The topological polar surface area (TPSA) is 29.1 Å². The summed E-state index contributed by atoms with van der Waals surface area (Å²) in [6.45, 7) is 0.703. The van der Waals surface area contributed by atoms with Gasteiger partial charge < -0.3 is 5.32 Å². The van der Waals surface area contributed by atoms with E-state index in [9.17, 15) is 4.79 Å². The molecule has 18 heavy (non-hydrogen) atoms. The van der Waals surface area contributed by atoms with E-state index in [1.807, 2.05) is 0 Å². The summed E-state index contributed by atoms with van der Waals surface area (Å²) in [6, 6.07) is 4.92. The maximum Gasteiger partial charge on any atom is 0.251 e. The van der Waals surface area contributed by atoms with Crippen molar-refractivity contribution >= 4 is 45.0 Å². The van der Waals surface area contributed by atoms with Gasteiger partial charge in [-0.1, -0.05) is 45.6 Å². The molecule has 0 bridgehead atoms. The number of alkyl halides is 1. The zero-order valence-corrected chi connectivity index (χ0v) is 12.9. The molecule has 1 aliphatic carbocycles. The van der Waals surface area contributed by atoms with Gasteiger partial charge in [-0.2, -0.15) is 0 Å². The van der Waals surface area contributed by atoms with Crippen LogP contribution >= 0.6 is 39.1 Å². The zero-order valence-electron chi connectivity index (χ0n) is 9.76. The van der Waals surface area contributed by atoms with E-state index < -0.39 is 0 Å². The van der Waals surface area contributed by atoms with Gasteiger partial charge in [-0.05, 0) is 37.0 Å². The highest BCUT2D eigenvalue weighted by atomic mass is 79.9. The monoisotopic (exact) mass is 349 g/mol. The maximum absolute atomic E-state index is 11.9. The lowest BCUT2D eigenvalue weighted by atomic mass is 10.1. The number of halogens is 3. The predicted octanol–water partition coefficient (Wildman–Crippen LogP) is 4.29. The third-order valence-electron chi connectivity index (χ3n) is 3.27. The normalized spacial score (nSPS) is 23.1. The van der Waals surface area contributed by atoms with Crippen molar-refractivity contribution in [3.63, 3.8) is 0 Å². The van der Waals surface area contributed by atoms with Crippen molar-refractivity contribution in [3.8, 4) is 0 Å². The number of amides is 1. The number of benzene rings is 1. The lowest BCUT2D eigenvalue weighted by molar-refractivity contribution is 0.0948. The van der Waals surface area contributed by atoms with Gasteiger partial charge in [-0.3, -0.25) is 4.79 Å². The number of rotatable bonds is 3. The Kier molecular flexibility index (Phi) is 4.93. The summed E-state index contributed by atoms with van der Waals surface area (Å²) in [7, 11) is 0. The second kappa shape index (κ2) is 6.27. The van der Waals surface area contributed by atoms with Gasteiger partial charge in [0.05, 0.1) is 10.0 Å². The molecule has 1 fully saturated rings. The molecule has 2 rings (SSSR count). The number of hydrogen-bond donors (Lipinski definition) is 1. The van der Waals surface area contributed by atoms with Crippen molar-refractivity contribution in [1.29, 1.82) is 0 Å². The Labute approximate surface area is 125 Å². The molecule has 2 nitrogen and oxygen atoms in total. The van der Waals surface area contributed by atoms with Crippen LogP contribution in [0.1, 0.15) is 29.6 Å². The minimum atomic E-state index is -0.0971. The van der Waals surface area contributed by atoms with Gasteiger partial charge in [0.2, 0.25) is 0 Å². The summed E-state index contributed by atoms with van der Waals surface area (Å²) < 4.78 is 0. The van der Waals surface area contributed by atoms with E-state index in [0.717, 1.165) is 6.42 Å². The molecule has 1 aliphatic rings. The van der Waals surface area contributed by atoms with Crippen molar-refractivity contribution in [2.75, 3.05) is 6.54 Å². The third kappa shape index (κ3) is 3.40. The number of carbonyl (C=O) groups is 1. The Morgan fingerprint density at radius 3 is 2.72 bits per heavy atom. The van der Waals surface area contributed by atoms with Crippen molar-refractivity contribution in [2.24, 2.45) is 5.92 Å². The molecule has 98 valence electrons. The molecule has 1 amide bonds. The van der Waals surface area contributed by atoms with Gasteiger partial charge in [0, 0.05) is 16.9 Å². The van der Waals surface area contributed by atoms with Crippen LogP contribution in [0, 0.1) is 5.92 Å². The summed E-state index contributed by atoms with van der Waals surface area (Å²) in [5, 5.41) is 3.82. The van der Waals surface area contributed by atoms with Gasteiger partial charge >= 0.3 is 0 Å². The fourth-order valence-electron chi connectivity index (χ4n) is 2.18. The Bertz CT molecular complexity index is 453. The lowest BCUT2D eigenvalue weighted by Gasteiger charge is -2.14. The van der Waals surface area contributed by atoms with Crippen molar-refractivity contribution in [2.45, 2.75) is 24.1 Å². The quantitative estimate of drug-likeness (QED) is 0.809. The molecular formula is C13H14BrCl2NO. The molecule has 1 aromatic carbocycles. The summed E-state index contributed by atoms with van der Waals surface area (Å²) in [5.74, 6) is 0.428. The van der Waals surface area contributed by atoms with Crippen molar-refractivity contribution < 1.29 is 4.79 Å². The second-order valence-corrected chi connectivity index (χ2v) is 6.54. The van der Waals surface area contributed by atoms with Crippen LogP contribution < -0.4 is 5.32 Å². The molecular weight excluding hydrogens is 337 g/mol. The van der Waals surface area contributed by atoms with Gasteiger partial charge in [0.1, 0.15) is 0 Å². The second-order valence-electron chi connectivity index (χ2n) is 4.55. The van der Waals surface area contributed by atoms with Crippen LogP contribution in [-0.2, 0) is 0 Å². The first-order chi connectivity index (χ1) is 8.58. The van der Waals surface area contributed by atoms with Gasteiger partial charge in [-0.15, -0.1) is 0 Å². The predicted molar refractivity (Wildman–Crippen MR) is 78.9 cm³/mol. The molecule has 0 heterocycles. The fraction of sp³-hybridized carbons (Fsp3) is 0.462. The average Bonchev–Trinajstić information content (AvgIpc) is 2.75. The average molecular weight is 351 g/mol. The standard InChI is InChI=1S/C13H14BrCl2NO/c14-10-3-1-2-9(10)7-17-13(18)8-4-5-11(15)12(16)6-8/h4-6,9-10H,1-3,7H2,(H,17,18). The largest absolute Gasteiger partial charge is 0.352 e. The van der Waals surface area contributed by atoms with Crippen LogP contribution in [0.4, 0.5) is 0 Å². The molecule has 0 saturated heterocycles. The highest BCUT2D eigenvalue weighted by molar-refractivity contribution is 9.09. The Morgan fingerprint density at radius 1 is 1.33 bits per heavy atom. The molecule has 0 aliphatic heterocycles. The highest BCUT2D eigenvalue weighted by Crippen LogP contribution is 2.31. The number of hydrogen-bond acceptors (Lipinski definition) is 1. The van der Waals surface area contributed by atoms with Crippen LogP contribution in [0.2, 0.25) is 10.0 Å². The van der Waals surface area contributed by atoms with E-state index in [1.165, 1.54) is 12.8 Å². The third-order valence-corrected chi connectivity index (χ3v) is 5.22. The Morgan fingerprint density at radius 2 is 2.11 bits per heavy atom. The number of nitrogens with one attached hydrogen (secondary N) is 1. The van der Waals surface area contributed by atoms with Gasteiger partial charge in [-0.25, -0.2) is 0 Å². The first-order valence-electron chi connectivity index (χ1n) is 5.95. The maximum atomic E-state index is 11.9. The molecule has 2 unspecified atom stereocenters. The van der Waals surface area contributed by atoms with Crippen molar-refractivity contribution in [1.82, 2.24) is 5.32 Å². The molecule has 0 aromatic heterocycles. The minimum Gasteiger partial charge on any atom is -0.352 e. The molecule has 1 N–H and O–H groups in total. The van der Waals surface area contributed by atoms with E-state index in [-0.39, 0.29) is 5.91 Å². The Hall–Kier alpha value is -0.250. The van der Waals surface area contributed by atoms with E-state index in [1.54, 1.807) is 18.2 Å². The van der Waals surface area contributed by atoms with E-state index in [0.29, 0.717) is 32.9 Å². The zero-order chi connectivity index (χ0) is 13.1. The van der Waals surface area contributed by atoms with Crippen molar-refractivity contribution in [3.05, 3.63) is 33.8 Å². The molecule has 0 radical (unpaired) electrons. The first kappa shape index (κ1) is 14.2. The van der Waals surface area contributed by atoms with E-state index in [4.69, 9.17) is 23.2 Å². The van der Waals surface area contributed by atoms with Crippen LogP contribution in [0.3, 0.4) is 0 Å². The molecule has 1 aromatic rings. The first-order valence-corrected chi connectivity index (χ1v) is 7.62. The molecule has 2 atom stereocenters. The fourth-order valence-corrected chi connectivity index (χ4v) is 3.26. The van der Waals surface area contributed by atoms with E-state index >= 15 is 0 Å². The summed E-state index contributed by atoms with van der Waals surface area (Å²) in [4.78, 5) is 12.5. The van der Waals surface area contributed by atoms with Crippen LogP contribution in [0.25, 0.3) is 0 Å². The summed E-state index contributed by atoms with van der Waals surface area (Å²) >= 11 is 15.3. The summed E-state index contributed by atoms with van der Waals surface area (Å²) in [5.41, 5.74) is 0.550. The van der Waals surface area contributed by atoms with Gasteiger partial charge in [0.25, 0.3) is 5.91 Å². The van der Waals surface area contributed by atoms with Crippen LogP contribution in [0.5, 0.6) is 0 Å². The SMILES string of the molecule is O=C(NCC1CCCC1Br)c1ccc(Cl)c(Cl)c1. The molecule has 5 heteroatoms. The van der Waals surface area contributed by atoms with Crippen LogP contribution in [0.15, 0.2) is 18.2 Å². The number of carbonyl (C=O) groups excluding carboxylic acids is 1. The summed E-state index contributed by atoms with van der Waals surface area (Å²) in [6.07, 6.45) is 3.58. The van der Waals surface area contributed by atoms with E-state index in [2.05, 4.69) is 21.2 Å². The van der Waals surface area contributed by atoms with Crippen LogP contribution in [-0.4, -0.2) is 17.3 Å².